The molecular weight excluding hydrogens is 494 g/mol. The van der Waals surface area contributed by atoms with Crippen LogP contribution in [-0.2, 0) is 9.84 Å². The lowest BCUT2D eigenvalue weighted by atomic mass is 9.96. The summed E-state index contributed by atoms with van der Waals surface area (Å²) in [5, 5.41) is 0.397. The summed E-state index contributed by atoms with van der Waals surface area (Å²) < 4.78 is 42.5. The zero-order valence-corrected chi connectivity index (χ0v) is 22.3. The Bertz CT molecular complexity index is 1560. The van der Waals surface area contributed by atoms with Gasteiger partial charge < -0.3 is 18.8 Å². The predicted octanol–water partition coefficient (Wildman–Crippen LogP) is 4.33. The van der Waals surface area contributed by atoms with Crippen molar-refractivity contribution in [1.29, 1.82) is 0 Å². The number of carbonyl (C=O) groups is 1. The molecule has 1 aromatic heterocycles. The van der Waals surface area contributed by atoms with Crippen LogP contribution in [0.4, 0.5) is 0 Å². The highest BCUT2D eigenvalue weighted by atomic mass is 32.2. The fourth-order valence-corrected chi connectivity index (χ4v) is 6.95. The molecule has 2 atom stereocenters. The van der Waals surface area contributed by atoms with Crippen LogP contribution >= 0.6 is 0 Å². The molecule has 2 aliphatic heterocycles. The van der Waals surface area contributed by atoms with E-state index in [2.05, 4.69) is 0 Å². The SMILES string of the molecule is CCCOc1ccc(C2c3c(oc4cc(C)c(C)cc4c3=O)C(=O)N2C2CCS(=O)(=O)C2)cc1OCC. The van der Waals surface area contributed by atoms with Gasteiger partial charge in [-0.05, 0) is 74.6 Å². The highest BCUT2D eigenvalue weighted by molar-refractivity contribution is 7.91. The van der Waals surface area contributed by atoms with Crippen LogP contribution in [0.3, 0.4) is 0 Å². The lowest BCUT2D eigenvalue weighted by Gasteiger charge is -2.30. The maximum Gasteiger partial charge on any atom is 0.291 e. The Hall–Kier alpha value is -3.33. The van der Waals surface area contributed by atoms with E-state index in [0.29, 0.717) is 47.7 Å². The fourth-order valence-electron chi connectivity index (χ4n) is 5.24. The van der Waals surface area contributed by atoms with E-state index in [1.807, 2.05) is 27.7 Å². The van der Waals surface area contributed by atoms with Crippen LogP contribution in [0.5, 0.6) is 11.5 Å². The smallest absolute Gasteiger partial charge is 0.291 e. The highest BCUT2D eigenvalue weighted by Crippen LogP contribution is 2.43. The molecule has 2 unspecified atom stereocenters. The monoisotopic (exact) mass is 525 g/mol. The van der Waals surface area contributed by atoms with E-state index in [9.17, 15) is 18.0 Å². The summed E-state index contributed by atoms with van der Waals surface area (Å²) in [6.45, 7) is 8.64. The zero-order chi connectivity index (χ0) is 26.5. The molecule has 0 bridgehead atoms. The molecule has 0 aliphatic carbocycles. The number of benzene rings is 2. The first-order valence-electron chi connectivity index (χ1n) is 12.7. The molecule has 3 heterocycles. The summed E-state index contributed by atoms with van der Waals surface area (Å²) in [5.74, 6) is 0.433. The van der Waals surface area contributed by atoms with E-state index < -0.39 is 27.8 Å². The standard InChI is InChI=1S/C28H31NO7S/c1-5-10-35-21-8-7-18(14-23(21)34-6-2)25-24-26(30)20-12-16(3)17(4)13-22(20)36-27(24)28(31)29(25)19-9-11-37(32,33)15-19/h7-8,12-14,19,25H,5-6,9-11,15H2,1-4H3. The molecule has 0 saturated carbocycles. The molecule has 2 aromatic carbocycles. The molecular formula is C28H31NO7S. The number of rotatable bonds is 7. The fraction of sp³-hybridized carbons (Fsp3) is 0.429. The number of hydrogen-bond acceptors (Lipinski definition) is 7. The van der Waals surface area contributed by atoms with Crippen molar-refractivity contribution < 1.29 is 27.1 Å². The molecule has 37 heavy (non-hydrogen) atoms. The summed E-state index contributed by atoms with van der Waals surface area (Å²) in [7, 11) is -3.29. The van der Waals surface area contributed by atoms with Gasteiger partial charge in [-0.2, -0.15) is 0 Å². The van der Waals surface area contributed by atoms with Gasteiger partial charge in [-0.3, -0.25) is 9.59 Å². The third-order valence-electron chi connectivity index (χ3n) is 7.17. The maximum atomic E-state index is 13.9. The van der Waals surface area contributed by atoms with Gasteiger partial charge in [-0.1, -0.05) is 13.0 Å². The Morgan fingerprint density at radius 3 is 2.46 bits per heavy atom. The normalized spacial score (nSPS) is 20.4. The van der Waals surface area contributed by atoms with E-state index in [0.717, 1.165) is 17.5 Å². The predicted molar refractivity (Wildman–Crippen MR) is 140 cm³/mol. The number of nitrogens with zero attached hydrogens (tertiary/aromatic N) is 1. The highest BCUT2D eigenvalue weighted by Gasteiger charge is 2.48. The molecule has 2 aliphatic rings. The van der Waals surface area contributed by atoms with Crippen molar-refractivity contribution in [2.24, 2.45) is 0 Å². The van der Waals surface area contributed by atoms with Crippen molar-refractivity contribution in [3.8, 4) is 11.5 Å². The number of amides is 1. The number of fused-ring (bicyclic) bond motifs is 2. The first-order chi connectivity index (χ1) is 17.6. The van der Waals surface area contributed by atoms with Crippen molar-refractivity contribution in [2.75, 3.05) is 24.7 Å². The van der Waals surface area contributed by atoms with Gasteiger partial charge in [-0.25, -0.2) is 8.42 Å². The van der Waals surface area contributed by atoms with Crippen molar-refractivity contribution >= 4 is 26.7 Å². The largest absolute Gasteiger partial charge is 0.490 e. The zero-order valence-electron chi connectivity index (χ0n) is 21.5. The lowest BCUT2D eigenvalue weighted by Crippen LogP contribution is -2.40. The van der Waals surface area contributed by atoms with Gasteiger partial charge >= 0.3 is 0 Å². The maximum absolute atomic E-state index is 13.9. The van der Waals surface area contributed by atoms with Gasteiger partial charge in [0, 0.05) is 6.04 Å². The van der Waals surface area contributed by atoms with Gasteiger partial charge in [0.15, 0.2) is 26.8 Å². The van der Waals surface area contributed by atoms with Gasteiger partial charge in [0.2, 0.25) is 5.76 Å². The molecule has 0 spiro atoms. The minimum Gasteiger partial charge on any atom is -0.490 e. The number of hydrogen-bond donors (Lipinski definition) is 0. The van der Waals surface area contributed by atoms with Crippen LogP contribution in [-0.4, -0.2) is 50.0 Å². The minimum absolute atomic E-state index is 0.000241. The summed E-state index contributed by atoms with van der Waals surface area (Å²) in [6.07, 6.45) is 1.13. The first kappa shape index (κ1) is 25.3. The van der Waals surface area contributed by atoms with E-state index in [-0.39, 0.29) is 28.3 Å². The molecule has 0 N–H and O–H groups in total. The third-order valence-corrected chi connectivity index (χ3v) is 8.92. The quantitative estimate of drug-likeness (QED) is 0.452. The second-order valence-corrected chi connectivity index (χ2v) is 12.0. The third kappa shape index (κ3) is 4.39. The summed E-state index contributed by atoms with van der Waals surface area (Å²) >= 11 is 0. The van der Waals surface area contributed by atoms with Crippen molar-refractivity contribution in [3.05, 3.63) is 68.6 Å². The second-order valence-electron chi connectivity index (χ2n) is 9.77. The van der Waals surface area contributed by atoms with E-state index >= 15 is 0 Å². The summed E-state index contributed by atoms with van der Waals surface area (Å²) in [5.41, 5.74) is 2.81. The Morgan fingerprint density at radius 1 is 1.03 bits per heavy atom. The molecule has 1 saturated heterocycles. The molecule has 1 fully saturated rings. The number of ether oxygens (including phenoxy) is 2. The van der Waals surface area contributed by atoms with Crippen molar-refractivity contribution in [2.45, 2.75) is 52.6 Å². The van der Waals surface area contributed by atoms with Gasteiger partial charge in [0.1, 0.15) is 5.58 Å². The molecule has 9 heteroatoms. The Morgan fingerprint density at radius 2 is 1.78 bits per heavy atom. The van der Waals surface area contributed by atoms with Crippen LogP contribution in [0, 0.1) is 13.8 Å². The number of aryl methyl sites for hydroxylation is 2. The molecule has 5 rings (SSSR count). The molecule has 1 amide bonds. The number of carbonyl (C=O) groups excluding carboxylic acids is 1. The Kier molecular flexibility index (Phi) is 6.52. The van der Waals surface area contributed by atoms with Gasteiger partial charge in [0.25, 0.3) is 5.91 Å². The second kappa shape index (κ2) is 9.52. The summed E-state index contributed by atoms with van der Waals surface area (Å²) in [4.78, 5) is 29.2. The Labute approximate surface area is 216 Å². The molecule has 8 nitrogen and oxygen atoms in total. The Balaban J connectivity index is 1.73. The van der Waals surface area contributed by atoms with Crippen LogP contribution < -0.4 is 14.9 Å². The van der Waals surface area contributed by atoms with Crippen molar-refractivity contribution in [1.82, 2.24) is 4.90 Å². The van der Waals surface area contributed by atoms with Crippen LogP contribution in [0.2, 0.25) is 0 Å². The minimum atomic E-state index is -3.29. The lowest BCUT2D eigenvalue weighted by molar-refractivity contribution is 0.0662. The van der Waals surface area contributed by atoms with Gasteiger partial charge in [-0.15, -0.1) is 0 Å². The average molecular weight is 526 g/mol. The van der Waals surface area contributed by atoms with E-state index in [1.54, 1.807) is 30.3 Å². The van der Waals surface area contributed by atoms with E-state index in [1.165, 1.54) is 4.90 Å². The van der Waals surface area contributed by atoms with Crippen LogP contribution in [0.25, 0.3) is 11.0 Å². The topological polar surface area (TPSA) is 103 Å². The van der Waals surface area contributed by atoms with Crippen LogP contribution in [0.1, 0.15) is 65.5 Å². The van der Waals surface area contributed by atoms with Crippen molar-refractivity contribution in [3.63, 3.8) is 0 Å². The molecule has 0 radical (unpaired) electrons. The van der Waals surface area contributed by atoms with Crippen LogP contribution in [0.15, 0.2) is 39.5 Å². The molecule has 3 aromatic rings. The first-order valence-corrected chi connectivity index (χ1v) is 14.5. The molecule has 196 valence electrons. The van der Waals surface area contributed by atoms with Gasteiger partial charge in [0.05, 0.1) is 41.7 Å². The number of sulfone groups is 1. The average Bonchev–Trinajstić information content (AvgIpc) is 3.36. The van der Waals surface area contributed by atoms with E-state index in [4.69, 9.17) is 13.9 Å². The summed E-state index contributed by atoms with van der Waals surface area (Å²) in [6, 6.07) is 7.55.